The summed E-state index contributed by atoms with van der Waals surface area (Å²) in [5.41, 5.74) is 2.84. The number of carbonyl (C=O) groups excluding carboxylic acids is 2. The number of nitrogens with zero attached hydrogens (tertiary/aromatic N) is 3. The minimum absolute atomic E-state index is 0.0473. The van der Waals surface area contributed by atoms with Gasteiger partial charge in [-0.2, -0.15) is 0 Å². The van der Waals surface area contributed by atoms with Crippen LogP contribution in [0.5, 0.6) is 5.75 Å². The highest BCUT2D eigenvalue weighted by Gasteiger charge is 2.34. The van der Waals surface area contributed by atoms with E-state index in [1.54, 1.807) is 19.1 Å². The molecule has 1 aromatic carbocycles. The first-order chi connectivity index (χ1) is 13.3. The van der Waals surface area contributed by atoms with Crippen LogP contribution in [0.1, 0.15) is 23.9 Å². The van der Waals surface area contributed by atoms with Crippen molar-refractivity contribution in [2.24, 2.45) is 0 Å². The highest BCUT2D eigenvalue weighted by atomic mass is 32.2. The predicted octanol–water partition coefficient (Wildman–Crippen LogP) is 4.07. The minimum atomic E-state index is -0.460. The number of imide groups is 1. The number of methoxy groups -OCH3 is 1. The van der Waals surface area contributed by atoms with Crippen molar-refractivity contribution in [1.29, 1.82) is 0 Å². The van der Waals surface area contributed by atoms with Crippen LogP contribution < -0.4 is 4.74 Å². The summed E-state index contributed by atoms with van der Waals surface area (Å²) in [5.74, 6) is 0.181. The predicted molar refractivity (Wildman–Crippen MR) is 107 cm³/mol. The molecule has 2 heterocycles. The molecule has 0 N–H and O–H groups in total. The molecule has 8 nitrogen and oxygen atoms in total. The second kappa shape index (κ2) is 7.51. The largest absolute Gasteiger partial charge is 0.495 e. The molecule has 0 unspecified atom stereocenters. The highest BCUT2D eigenvalue weighted by molar-refractivity contribution is 8.18. The van der Waals surface area contributed by atoms with Gasteiger partial charge >= 0.3 is 0 Å². The molecule has 1 aliphatic rings. The number of aromatic nitrogens is 1. The number of nitro groups is 1. The molecule has 3 rings (SSSR count). The van der Waals surface area contributed by atoms with E-state index in [2.05, 4.69) is 0 Å². The third kappa shape index (κ3) is 3.29. The first-order valence-electron chi connectivity index (χ1n) is 8.55. The summed E-state index contributed by atoms with van der Waals surface area (Å²) < 4.78 is 7.21. The highest BCUT2D eigenvalue weighted by Crippen LogP contribution is 2.35. The fourth-order valence-electron chi connectivity index (χ4n) is 3.19. The number of hydrogen-bond donors (Lipinski definition) is 0. The zero-order chi connectivity index (χ0) is 20.6. The lowest BCUT2D eigenvalue weighted by Crippen LogP contribution is -2.27. The lowest BCUT2D eigenvalue weighted by Gasteiger charge is -2.13. The zero-order valence-corrected chi connectivity index (χ0v) is 16.7. The smallest absolute Gasteiger partial charge is 0.293 e. The number of benzene rings is 1. The molecule has 1 fully saturated rings. The van der Waals surface area contributed by atoms with Crippen molar-refractivity contribution in [1.82, 2.24) is 9.47 Å². The normalized spacial score (nSPS) is 15.6. The summed E-state index contributed by atoms with van der Waals surface area (Å²) >= 11 is 0.910. The van der Waals surface area contributed by atoms with Gasteiger partial charge in [0.2, 0.25) is 0 Å². The van der Waals surface area contributed by atoms with Crippen LogP contribution in [0.2, 0.25) is 0 Å². The molecule has 2 amide bonds. The van der Waals surface area contributed by atoms with Gasteiger partial charge in [0.15, 0.2) is 0 Å². The topological polar surface area (TPSA) is 94.7 Å². The van der Waals surface area contributed by atoms with Crippen molar-refractivity contribution in [3.8, 4) is 11.4 Å². The van der Waals surface area contributed by atoms with Crippen LogP contribution in [0.4, 0.5) is 10.5 Å². The monoisotopic (exact) mass is 401 g/mol. The van der Waals surface area contributed by atoms with Crippen molar-refractivity contribution in [3.05, 3.63) is 56.2 Å². The van der Waals surface area contributed by atoms with Gasteiger partial charge in [0.05, 0.1) is 22.6 Å². The Labute approximate surface area is 165 Å². The Kier molecular flexibility index (Phi) is 5.28. The Morgan fingerprint density at radius 1 is 1.25 bits per heavy atom. The maximum absolute atomic E-state index is 12.4. The number of hydrogen-bond acceptors (Lipinski definition) is 6. The molecule has 0 saturated carbocycles. The van der Waals surface area contributed by atoms with Gasteiger partial charge in [-0.15, -0.1) is 0 Å². The van der Waals surface area contributed by atoms with Crippen LogP contribution >= 0.6 is 11.8 Å². The fraction of sp³-hybridized carbons (Fsp3) is 0.263. The molecular weight excluding hydrogens is 382 g/mol. The molecule has 0 spiro atoms. The van der Waals surface area contributed by atoms with Gasteiger partial charge in [-0.1, -0.05) is 0 Å². The van der Waals surface area contributed by atoms with E-state index in [1.165, 1.54) is 24.1 Å². The van der Waals surface area contributed by atoms with E-state index in [1.807, 2.05) is 24.5 Å². The van der Waals surface area contributed by atoms with Gasteiger partial charge in [-0.05, 0) is 56.3 Å². The second-order valence-corrected chi connectivity index (χ2v) is 7.19. The number of nitro benzene ring substituents is 1. The third-order valence-electron chi connectivity index (χ3n) is 4.56. The molecule has 1 saturated heterocycles. The summed E-state index contributed by atoms with van der Waals surface area (Å²) in [6, 6.07) is 6.26. The third-order valence-corrected chi connectivity index (χ3v) is 5.47. The molecule has 0 bridgehead atoms. The van der Waals surface area contributed by atoms with E-state index < -0.39 is 4.92 Å². The average molecular weight is 401 g/mol. The Bertz CT molecular complexity index is 1020. The van der Waals surface area contributed by atoms with Gasteiger partial charge in [0.25, 0.3) is 16.8 Å². The molecule has 1 aromatic heterocycles. The van der Waals surface area contributed by atoms with Crippen molar-refractivity contribution in [2.75, 3.05) is 13.7 Å². The van der Waals surface area contributed by atoms with Crippen LogP contribution in [0, 0.1) is 24.0 Å². The van der Waals surface area contributed by atoms with Crippen LogP contribution in [-0.2, 0) is 4.79 Å². The van der Waals surface area contributed by atoms with Crippen LogP contribution in [0.25, 0.3) is 11.8 Å². The Hall–Kier alpha value is -3.07. The SMILES string of the molecule is CCN1C(=O)S/C(=C/c2cc(C)n(-c3cc([N+](=O)[O-])ccc3OC)c2C)C1=O. The second-order valence-electron chi connectivity index (χ2n) is 6.20. The molecule has 9 heteroatoms. The van der Waals surface area contributed by atoms with Gasteiger partial charge in [0.1, 0.15) is 5.75 Å². The molecule has 28 heavy (non-hydrogen) atoms. The molecule has 2 aromatic rings. The van der Waals surface area contributed by atoms with Crippen molar-refractivity contribution in [3.63, 3.8) is 0 Å². The molecule has 0 radical (unpaired) electrons. The van der Waals surface area contributed by atoms with E-state index in [9.17, 15) is 19.7 Å². The van der Waals surface area contributed by atoms with Crippen molar-refractivity contribution in [2.45, 2.75) is 20.8 Å². The number of carbonyl (C=O) groups is 2. The zero-order valence-electron chi connectivity index (χ0n) is 15.9. The summed E-state index contributed by atoms with van der Waals surface area (Å²) in [6.45, 7) is 5.78. The Morgan fingerprint density at radius 2 is 1.96 bits per heavy atom. The Balaban J connectivity index is 2.11. The standard InChI is InChI=1S/C19H19N3O5S/c1-5-20-18(23)17(28-19(20)24)9-13-8-11(2)21(12(13)3)15-10-14(22(25)26)6-7-16(15)27-4/h6-10H,5H2,1-4H3/b17-9+. The molecule has 146 valence electrons. The van der Waals surface area contributed by atoms with E-state index in [4.69, 9.17) is 4.74 Å². The maximum Gasteiger partial charge on any atom is 0.293 e. The van der Waals surface area contributed by atoms with Crippen LogP contribution in [0.3, 0.4) is 0 Å². The number of aryl methyl sites for hydroxylation is 1. The van der Waals surface area contributed by atoms with Crippen molar-refractivity contribution < 1.29 is 19.2 Å². The maximum atomic E-state index is 12.4. The molecule has 1 aliphatic heterocycles. The first kappa shape index (κ1) is 19.7. The van der Waals surface area contributed by atoms with E-state index in [0.29, 0.717) is 22.9 Å². The van der Waals surface area contributed by atoms with Gasteiger partial charge in [-0.3, -0.25) is 24.6 Å². The number of likely N-dealkylation sites (N-methyl/N-ethyl adjacent to an activating group) is 1. The van der Waals surface area contributed by atoms with Gasteiger partial charge in [0, 0.05) is 30.1 Å². The summed E-state index contributed by atoms with van der Waals surface area (Å²) in [5, 5.41) is 10.9. The van der Waals surface area contributed by atoms with Crippen LogP contribution in [-0.4, -0.2) is 39.2 Å². The van der Waals surface area contributed by atoms with Gasteiger partial charge in [-0.25, -0.2) is 0 Å². The van der Waals surface area contributed by atoms with Crippen LogP contribution in [0.15, 0.2) is 29.2 Å². The van der Waals surface area contributed by atoms with E-state index in [-0.39, 0.29) is 16.8 Å². The van der Waals surface area contributed by atoms with E-state index >= 15 is 0 Å². The minimum Gasteiger partial charge on any atom is -0.495 e. The number of non-ortho nitro benzene ring substituents is 1. The number of rotatable bonds is 5. The van der Waals surface area contributed by atoms with E-state index in [0.717, 1.165) is 28.7 Å². The lowest BCUT2D eigenvalue weighted by molar-refractivity contribution is -0.384. The summed E-state index contributed by atoms with van der Waals surface area (Å²) in [7, 11) is 1.50. The number of thioether (sulfide) groups is 1. The molecule has 0 atom stereocenters. The number of ether oxygens (including phenoxy) is 1. The summed E-state index contributed by atoms with van der Waals surface area (Å²) in [4.78, 5) is 36.6. The average Bonchev–Trinajstić information content (AvgIpc) is 3.09. The fourth-order valence-corrected chi connectivity index (χ4v) is 4.08. The van der Waals surface area contributed by atoms with Gasteiger partial charge < -0.3 is 9.30 Å². The molecule has 0 aliphatic carbocycles. The first-order valence-corrected chi connectivity index (χ1v) is 9.37. The number of amides is 2. The van der Waals surface area contributed by atoms with Crippen molar-refractivity contribution >= 4 is 34.7 Å². The lowest BCUT2D eigenvalue weighted by atomic mass is 10.2. The Morgan fingerprint density at radius 3 is 2.54 bits per heavy atom. The summed E-state index contributed by atoms with van der Waals surface area (Å²) in [6.07, 6.45) is 1.68. The molecular formula is C19H19N3O5S. The quantitative estimate of drug-likeness (QED) is 0.426.